The van der Waals surface area contributed by atoms with Gasteiger partial charge in [0.2, 0.25) is 0 Å². The second-order valence-corrected chi connectivity index (χ2v) is 3.05. The van der Waals surface area contributed by atoms with Crippen molar-refractivity contribution in [3.63, 3.8) is 0 Å². The molecule has 0 atom stereocenters. The lowest BCUT2D eigenvalue weighted by atomic mass is 10.1. The average Bonchev–Trinajstić information content (AvgIpc) is 2.25. The van der Waals surface area contributed by atoms with E-state index in [2.05, 4.69) is 10.0 Å². The normalized spacial score (nSPS) is 9.93. The van der Waals surface area contributed by atoms with Crippen LogP contribution in [0.1, 0.15) is 5.56 Å². The van der Waals surface area contributed by atoms with Gasteiger partial charge >= 0.3 is 5.63 Å². The van der Waals surface area contributed by atoms with Crippen LogP contribution in [0.4, 0.5) is 5.69 Å². The van der Waals surface area contributed by atoms with Crippen molar-refractivity contribution in [1.29, 1.82) is 0 Å². The molecule has 0 aliphatic carbocycles. The summed E-state index contributed by atoms with van der Waals surface area (Å²) in [6.45, 7) is 1.57. The van der Waals surface area contributed by atoms with E-state index in [0.717, 1.165) is 0 Å². The zero-order valence-corrected chi connectivity index (χ0v) is 7.97. The summed E-state index contributed by atoms with van der Waals surface area (Å²) >= 11 is 0. The van der Waals surface area contributed by atoms with Crippen molar-refractivity contribution in [2.24, 2.45) is 5.11 Å². The van der Waals surface area contributed by atoms with Gasteiger partial charge in [0.25, 0.3) is 0 Å². The minimum Gasteiger partial charge on any atom is -0.423 e. The van der Waals surface area contributed by atoms with Gasteiger partial charge in [0.15, 0.2) is 0 Å². The lowest BCUT2D eigenvalue weighted by molar-refractivity contribution is 0.555. The fraction of sp³-hybridized carbons (Fsp3) is 0.100. The largest absolute Gasteiger partial charge is 0.423 e. The van der Waals surface area contributed by atoms with Gasteiger partial charge in [-0.05, 0) is 18.5 Å². The monoisotopic (exact) mass is 201 g/mol. The SMILES string of the molecule is Cc1c(N=[N+]=[N-])c2ccccc2oc1=O. The Morgan fingerprint density at radius 1 is 1.40 bits per heavy atom. The molecule has 0 N–H and O–H groups in total. The Kier molecular flexibility index (Phi) is 2.15. The quantitative estimate of drug-likeness (QED) is 0.307. The molecule has 0 saturated carbocycles. The number of nitrogens with zero attached hydrogens (tertiary/aromatic N) is 3. The lowest BCUT2D eigenvalue weighted by Crippen LogP contribution is -2.02. The van der Waals surface area contributed by atoms with Crippen molar-refractivity contribution >= 4 is 16.7 Å². The van der Waals surface area contributed by atoms with Gasteiger partial charge in [0.05, 0.1) is 5.69 Å². The van der Waals surface area contributed by atoms with Crippen molar-refractivity contribution in [3.05, 3.63) is 50.7 Å². The van der Waals surface area contributed by atoms with Crippen LogP contribution in [0.3, 0.4) is 0 Å². The third-order valence-electron chi connectivity index (χ3n) is 2.15. The van der Waals surface area contributed by atoms with E-state index in [1.165, 1.54) is 0 Å². The van der Waals surface area contributed by atoms with Crippen LogP contribution in [0.2, 0.25) is 0 Å². The van der Waals surface area contributed by atoms with Crippen LogP contribution in [-0.4, -0.2) is 0 Å². The lowest BCUT2D eigenvalue weighted by Gasteiger charge is -2.01. The maximum absolute atomic E-state index is 11.4. The second-order valence-electron chi connectivity index (χ2n) is 3.05. The van der Waals surface area contributed by atoms with Crippen LogP contribution >= 0.6 is 0 Å². The van der Waals surface area contributed by atoms with Crippen LogP contribution < -0.4 is 5.63 Å². The van der Waals surface area contributed by atoms with Crippen LogP contribution in [0, 0.1) is 6.92 Å². The highest BCUT2D eigenvalue weighted by Crippen LogP contribution is 2.27. The van der Waals surface area contributed by atoms with E-state index in [9.17, 15) is 4.79 Å². The predicted octanol–water partition coefficient (Wildman–Crippen LogP) is 3.04. The van der Waals surface area contributed by atoms with E-state index >= 15 is 0 Å². The molecule has 2 rings (SSSR count). The van der Waals surface area contributed by atoms with Crippen LogP contribution in [0.15, 0.2) is 38.6 Å². The summed E-state index contributed by atoms with van der Waals surface area (Å²) in [5.41, 5.74) is 9.03. The van der Waals surface area contributed by atoms with Crippen molar-refractivity contribution in [3.8, 4) is 0 Å². The smallest absolute Gasteiger partial charge is 0.339 e. The molecule has 0 amide bonds. The molecule has 5 nitrogen and oxygen atoms in total. The fourth-order valence-electron chi connectivity index (χ4n) is 1.40. The first kappa shape index (κ1) is 9.30. The number of para-hydroxylation sites is 1. The van der Waals surface area contributed by atoms with Gasteiger partial charge in [-0.1, -0.05) is 23.3 Å². The molecule has 0 saturated heterocycles. The minimum absolute atomic E-state index is 0.325. The highest BCUT2D eigenvalue weighted by Gasteiger charge is 2.08. The summed E-state index contributed by atoms with van der Waals surface area (Å²) < 4.78 is 5.04. The Labute approximate surface area is 84.6 Å². The van der Waals surface area contributed by atoms with E-state index in [-0.39, 0.29) is 0 Å². The fourth-order valence-corrected chi connectivity index (χ4v) is 1.40. The number of rotatable bonds is 1. The highest BCUT2D eigenvalue weighted by atomic mass is 16.4. The molecular formula is C10H7N3O2. The predicted molar refractivity (Wildman–Crippen MR) is 56.0 cm³/mol. The molecular weight excluding hydrogens is 194 g/mol. The van der Waals surface area contributed by atoms with E-state index in [1.54, 1.807) is 31.2 Å². The topological polar surface area (TPSA) is 79.0 Å². The molecule has 1 heterocycles. The molecule has 0 radical (unpaired) electrons. The second kappa shape index (κ2) is 3.48. The Bertz CT molecular complexity index is 624. The van der Waals surface area contributed by atoms with Crippen molar-refractivity contribution in [2.75, 3.05) is 0 Å². The molecule has 74 valence electrons. The first-order chi connectivity index (χ1) is 7.24. The number of hydrogen-bond acceptors (Lipinski definition) is 3. The van der Waals surface area contributed by atoms with Gasteiger partial charge < -0.3 is 4.42 Å². The summed E-state index contributed by atoms with van der Waals surface area (Å²) in [5.74, 6) is 0. The molecule has 1 aromatic carbocycles. The third kappa shape index (κ3) is 1.45. The molecule has 0 fully saturated rings. The van der Waals surface area contributed by atoms with E-state index < -0.39 is 5.63 Å². The Morgan fingerprint density at radius 2 is 2.13 bits per heavy atom. The average molecular weight is 201 g/mol. The third-order valence-corrected chi connectivity index (χ3v) is 2.15. The summed E-state index contributed by atoms with van der Waals surface area (Å²) in [4.78, 5) is 14.1. The Hall–Kier alpha value is -2.26. The van der Waals surface area contributed by atoms with E-state index in [1.807, 2.05) is 0 Å². The first-order valence-electron chi connectivity index (χ1n) is 4.31. The highest BCUT2D eigenvalue weighted by molar-refractivity contribution is 5.89. The molecule has 15 heavy (non-hydrogen) atoms. The number of benzene rings is 1. The van der Waals surface area contributed by atoms with E-state index in [4.69, 9.17) is 9.95 Å². The van der Waals surface area contributed by atoms with E-state index in [0.29, 0.717) is 22.2 Å². The Morgan fingerprint density at radius 3 is 2.87 bits per heavy atom. The molecule has 2 aromatic rings. The number of hydrogen-bond donors (Lipinski definition) is 0. The van der Waals surface area contributed by atoms with Crippen molar-refractivity contribution in [2.45, 2.75) is 6.92 Å². The van der Waals surface area contributed by atoms with Crippen molar-refractivity contribution in [1.82, 2.24) is 0 Å². The zero-order valence-electron chi connectivity index (χ0n) is 7.97. The van der Waals surface area contributed by atoms with Crippen LogP contribution in [0.25, 0.3) is 21.4 Å². The Balaban J connectivity index is 3.01. The van der Waals surface area contributed by atoms with Gasteiger partial charge in [-0.25, -0.2) is 4.79 Å². The van der Waals surface area contributed by atoms with Gasteiger partial charge in [0.1, 0.15) is 5.58 Å². The molecule has 1 aromatic heterocycles. The molecule has 0 bridgehead atoms. The van der Waals surface area contributed by atoms with Crippen LogP contribution in [0.5, 0.6) is 0 Å². The first-order valence-corrected chi connectivity index (χ1v) is 4.31. The minimum atomic E-state index is -0.476. The molecule has 0 spiro atoms. The summed E-state index contributed by atoms with van der Waals surface area (Å²) in [6, 6.07) is 6.94. The van der Waals surface area contributed by atoms with Gasteiger partial charge in [0, 0.05) is 15.9 Å². The summed E-state index contributed by atoms with van der Waals surface area (Å²) in [7, 11) is 0. The number of fused-ring (bicyclic) bond motifs is 1. The summed E-state index contributed by atoms with van der Waals surface area (Å²) in [5, 5.41) is 4.16. The van der Waals surface area contributed by atoms with Gasteiger partial charge in [-0.15, -0.1) is 0 Å². The number of azide groups is 1. The molecule has 0 unspecified atom stereocenters. The van der Waals surface area contributed by atoms with Gasteiger partial charge in [-0.2, -0.15) is 0 Å². The molecule has 0 aliphatic rings. The maximum atomic E-state index is 11.4. The zero-order chi connectivity index (χ0) is 10.8. The van der Waals surface area contributed by atoms with Gasteiger partial charge in [-0.3, -0.25) is 0 Å². The van der Waals surface area contributed by atoms with Crippen LogP contribution in [-0.2, 0) is 0 Å². The standard InChI is InChI=1S/C10H7N3O2/c1-6-9(12-13-11)7-4-2-3-5-8(7)15-10(6)14/h2-5H,1H3. The maximum Gasteiger partial charge on any atom is 0.339 e. The molecule has 5 heteroatoms. The molecule has 0 aliphatic heterocycles. The summed E-state index contributed by atoms with van der Waals surface area (Å²) in [6.07, 6.45) is 0. The van der Waals surface area contributed by atoms with Crippen molar-refractivity contribution < 1.29 is 4.42 Å².